The summed E-state index contributed by atoms with van der Waals surface area (Å²) in [6.45, 7) is 5.84. The van der Waals surface area contributed by atoms with Crippen LogP contribution < -0.4 is 15.6 Å². The molecule has 0 atom stereocenters. The Morgan fingerprint density at radius 2 is 2.00 bits per heavy atom. The fourth-order valence-corrected chi connectivity index (χ4v) is 2.69. The van der Waals surface area contributed by atoms with Crippen LogP contribution in [0.25, 0.3) is 0 Å². The summed E-state index contributed by atoms with van der Waals surface area (Å²) in [7, 11) is 1.91. The molecule has 0 radical (unpaired) electrons. The summed E-state index contributed by atoms with van der Waals surface area (Å²) >= 11 is 0. The predicted octanol–water partition coefficient (Wildman–Crippen LogP) is 3.20. The lowest BCUT2D eigenvalue weighted by atomic mass is 10.1. The Labute approximate surface area is 143 Å². The van der Waals surface area contributed by atoms with Gasteiger partial charge >= 0.3 is 0 Å². The molecule has 2 N–H and O–H groups in total. The van der Waals surface area contributed by atoms with E-state index in [1.54, 1.807) is 5.01 Å². The maximum Gasteiger partial charge on any atom is 0.226 e. The first-order valence-corrected chi connectivity index (χ1v) is 8.38. The average Bonchev–Trinajstić information content (AvgIpc) is 2.60. The highest BCUT2D eigenvalue weighted by molar-refractivity contribution is 5.76. The maximum atomic E-state index is 4.68. The van der Waals surface area contributed by atoms with E-state index in [1.807, 2.05) is 13.3 Å². The van der Waals surface area contributed by atoms with E-state index in [9.17, 15) is 0 Å². The Hall–Kier alpha value is -2.63. The van der Waals surface area contributed by atoms with Crippen molar-refractivity contribution in [1.82, 2.24) is 9.97 Å². The number of hydrogen-bond donors (Lipinski definition) is 2. The predicted molar refractivity (Wildman–Crippen MR) is 99.9 cm³/mol. The number of rotatable bonds is 6. The van der Waals surface area contributed by atoms with Crippen LogP contribution in [-0.4, -0.2) is 29.8 Å². The fourth-order valence-electron chi connectivity index (χ4n) is 2.69. The van der Waals surface area contributed by atoms with Crippen molar-refractivity contribution >= 4 is 23.8 Å². The van der Waals surface area contributed by atoms with Gasteiger partial charge in [0.2, 0.25) is 5.95 Å². The van der Waals surface area contributed by atoms with E-state index in [1.165, 1.54) is 11.1 Å². The van der Waals surface area contributed by atoms with Gasteiger partial charge in [-0.25, -0.2) is 0 Å². The highest BCUT2D eigenvalue weighted by atomic mass is 15.5. The van der Waals surface area contributed by atoms with Crippen molar-refractivity contribution in [2.75, 3.05) is 29.2 Å². The summed E-state index contributed by atoms with van der Waals surface area (Å²) in [6.07, 6.45) is 3.66. The third kappa shape index (κ3) is 3.48. The van der Waals surface area contributed by atoms with Gasteiger partial charge in [-0.05, 0) is 24.5 Å². The Kier molecular flexibility index (Phi) is 4.93. The first-order valence-electron chi connectivity index (χ1n) is 8.38. The first kappa shape index (κ1) is 16.2. The zero-order valence-corrected chi connectivity index (χ0v) is 14.5. The molecule has 6 heteroatoms. The van der Waals surface area contributed by atoms with Crippen LogP contribution in [0.2, 0.25) is 0 Å². The number of hydrazone groups is 1. The zero-order chi connectivity index (χ0) is 16.9. The number of fused-ring (bicyclic) bond motifs is 1. The summed E-state index contributed by atoms with van der Waals surface area (Å²) in [5.74, 6) is 2.38. The van der Waals surface area contributed by atoms with E-state index in [0.717, 1.165) is 43.1 Å². The molecule has 0 unspecified atom stereocenters. The van der Waals surface area contributed by atoms with Crippen LogP contribution in [0.4, 0.5) is 17.6 Å². The zero-order valence-electron chi connectivity index (χ0n) is 14.5. The first-order chi connectivity index (χ1) is 11.7. The average molecular weight is 324 g/mol. The monoisotopic (exact) mass is 324 g/mol. The summed E-state index contributed by atoms with van der Waals surface area (Å²) < 4.78 is 0. The molecule has 0 saturated heterocycles. The number of anilines is 3. The lowest BCUT2D eigenvalue weighted by Crippen LogP contribution is -2.21. The minimum absolute atomic E-state index is 0.645. The second-order valence-electron chi connectivity index (χ2n) is 5.93. The van der Waals surface area contributed by atoms with Crippen molar-refractivity contribution < 1.29 is 0 Å². The molecule has 1 aromatic heterocycles. The fraction of sp³-hybridized carbons (Fsp3) is 0.389. The molecule has 6 nitrogen and oxygen atoms in total. The highest BCUT2D eigenvalue weighted by Crippen LogP contribution is 2.28. The van der Waals surface area contributed by atoms with Crippen LogP contribution in [0, 0.1) is 6.92 Å². The van der Waals surface area contributed by atoms with Crippen LogP contribution in [0.1, 0.15) is 30.0 Å². The largest absolute Gasteiger partial charge is 0.366 e. The molecule has 3 rings (SSSR count). The molecule has 0 fully saturated rings. The Bertz CT molecular complexity index is 740. The molecule has 1 aromatic carbocycles. The third-order valence-corrected chi connectivity index (χ3v) is 4.08. The molecule has 126 valence electrons. The van der Waals surface area contributed by atoms with E-state index in [4.69, 9.17) is 0 Å². The second-order valence-corrected chi connectivity index (χ2v) is 5.93. The van der Waals surface area contributed by atoms with Gasteiger partial charge in [-0.1, -0.05) is 31.2 Å². The van der Waals surface area contributed by atoms with Crippen molar-refractivity contribution in [2.45, 2.75) is 33.2 Å². The van der Waals surface area contributed by atoms with Crippen molar-refractivity contribution in [3.63, 3.8) is 0 Å². The third-order valence-electron chi connectivity index (χ3n) is 4.08. The molecule has 1 aliphatic rings. The van der Waals surface area contributed by atoms with E-state index in [2.05, 4.69) is 63.8 Å². The quantitative estimate of drug-likeness (QED) is 0.854. The van der Waals surface area contributed by atoms with Crippen LogP contribution in [-0.2, 0) is 13.0 Å². The topological polar surface area (TPSA) is 65.4 Å². The van der Waals surface area contributed by atoms with Gasteiger partial charge in [0, 0.05) is 38.3 Å². The van der Waals surface area contributed by atoms with E-state index >= 15 is 0 Å². The number of benzene rings is 1. The Morgan fingerprint density at radius 3 is 2.79 bits per heavy atom. The number of nitrogens with one attached hydrogen (secondary N) is 2. The smallest absolute Gasteiger partial charge is 0.226 e. The van der Waals surface area contributed by atoms with E-state index < -0.39 is 0 Å². The van der Waals surface area contributed by atoms with Gasteiger partial charge < -0.3 is 10.6 Å². The Morgan fingerprint density at radius 1 is 1.17 bits per heavy atom. The SMILES string of the molecule is CCCNc1nc(NCc2ccccc2C)c2c(n1)N(C)N=CC2. The Balaban J connectivity index is 1.88. The number of aromatic nitrogens is 2. The summed E-state index contributed by atoms with van der Waals surface area (Å²) in [6, 6.07) is 8.39. The van der Waals surface area contributed by atoms with Gasteiger partial charge in [0.05, 0.1) is 0 Å². The number of nitrogens with zero attached hydrogens (tertiary/aromatic N) is 4. The molecule has 0 saturated carbocycles. The van der Waals surface area contributed by atoms with Crippen molar-refractivity contribution in [3.8, 4) is 0 Å². The lowest BCUT2D eigenvalue weighted by Gasteiger charge is -2.23. The van der Waals surface area contributed by atoms with E-state index in [-0.39, 0.29) is 0 Å². The molecule has 0 amide bonds. The van der Waals surface area contributed by atoms with Crippen molar-refractivity contribution in [1.29, 1.82) is 0 Å². The second kappa shape index (κ2) is 7.29. The summed E-state index contributed by atoms with van der Waals surface area (Å²) in [5.41, 5.74) is 3.63. The summed E-state index contributed by atoms with van der Waals surface area (Å²) in [5, 5.41) is 12.9. The molecule has 24 heavy (non-hydrogen) atoms. The molecular weight excluding hydrogens is 300 g/mol. The highest BCUT2D eigenvalue weighted by Gasteiger charge is 2.19. The van der Waals surface area contributed by atoms with Crippen LogP contribution in [0.5, 0.6) is 0 Å². The number of hydrogen-bond acceptors (Lipinski definition) is 6. The molecule has 0 bridgehead atoms. The molecule has 0 aliphatic carbocycles. The van der Waals surface area contributed by atoms with Crippen LogP contribution in [0.3, 0.4) is 0 Å². The van der Waals surface area contributed by atoms with Gasteiger partial charge in [0.1, 0.15) is 5.82 Å². The maximum absolute atomic E-state index is 4.68. The van der Waals surface area contributed by atoms with Crippen molar-refractivity contribution in [3.05, 3.63) is 41.0 Å². The van der Waals surface area contributed by atoms with Crippen LogP contribution in [0.15, 0.2) is 29.4 Å². The minimum atomic E-state index is 0.645. The van der Waals surface area contributed by atoms with Gasteiger partial charge in [-0.2, -0.15) is 15.1 Å². The summed E-state index contributed by atoms with van der Waals surface area (Å²) in [4.78, 5) is 9.30. The minimum Gasteiger partial charge on any atom is -0.366 e. The molecular formula is C18H24N6. The standard InChI is InChI=1S/C18H24N6/c1-4-10-19-18-22-16(15-9-11-21-24(3)17(15)23-18)20-12-14-8-6-5-7-13(14)2/h5-8,11H,4,9-10,12H2,1-3H3,(H2,19,20,22,23). The molecule has 0 spiro atoms. The van der Waals surface area contributed by atoms with Gasteiger partial charge in [0.25, 0.3) is 0 Å². The van der Waals surface area contributed by atoms with Gasteiger partial charge in [0.15, 0.2) is 5.82 Å². The normalized spacial score (nSPS) is 12.9. The molecule has 2 heterocycles. The van der Waals surface area contributed by atoms with E-state index in [0.29, 0.717) is 5.95 Å². The molecule has 2 aromatic rings. The number of aryl methyl sites for hydroxylation is 1. The van der Waals surface area contributed by atoms with Gasteiger partial charge in [-0.15, -0.1) is 0 Å². The lowest BCUT2D eigenvalue weighted by molar-refractivity contribution is 0.900. The van der Waals surface area contributed by atoms with Gasteiger partial charge in [-0.3, -0.25) is 5.01 Å². The van der Waals surface area contributed by atoms with Crippen LogP contribution >= 0.6 is 0 Å². The van der Waals surface area contributed by atoms with Crippen molar-refractivity contribution in [2.24, 2.45) is 5.10 Å². The molecule has 1 aliphatic heterocycles.